The predicted octanol–water partition coefficient (Wildman–Crippen LogP) is 18.1. The minimum absolute atomic E-state index is 0.343. The van der Waals surface area contributed by atoms with Gasteiger partial charge in [0.25, 0.3) is 0 Å². The molecule has 5 aromatic rings. The van der Waals surface area contributed by atoms with Crippen LogP contribution in [-0.4, -0.2) is 28.6 Å². The van der Waals surface area contributed by atoms with Crippen LogP contribution in [0.25, 0.3) is 0 Å². The third-order valence-corrected chi connectivity index (χ3v) is 12.4. The molecule has 5 aromatic carbocycles. The van der Waals surface area contributed by atoms with Crippen molar-refractivity contribution in [2.24, 2.45) is 47.6 Å². The van der Waals surface area contributed by atoms with Crippen molar-refractivity contribution in [1.82, 2.24) is 0 Å². The molecule has 5 heteroatoms. The van der Waals surface area contributed by atoms with Crippen LogP contribution in [0.2, 0.25) is 0 Å². The lowest BCUT2D eigenvalue weighted by Crippen LogP contribution is -2.12. The topological polar surface area (TPSA) is 61.8 Å². The van der Waals surface area contributed by atoms with Crippen molar-refractivity contribution in [2.75, 3.05) is 0 Å². The lowest BCUT2D eigenvalue weighted by atomic mass is 9.88. The Bertz CT molecular complexity index is 2620. The summed E-state index contributed by atoms with van der Waals surface area (Å²) >= 11 is 0. The Balaban J connectivity index is 0.000000142. The van der Waals surface area contributed by atoms with E-state index in [1.54, 1.807) is 0 Å². The molecule has 0 aliphatic carbocycles. The molecular weight excluding hydrogens is 839 g/mol. The van der Waals surface area contributed by atoms with Crippen LogP contribution in [0.1, 0.15) is 157 Å². The van der Waals surface area contributed by atoms with Crippen LogP contribution < -0.4 is 0 Å². The third-order valence-electron chi connectivity index (χ3n) is 12.4. The van der Waals surface area contributed by atoms with E-state index in [4.69, 9.17) is 9.98 Å². The molecule has 69 heavy (non-hydrogen) atoms. The molecule has 0 radical (unpaired) electrons. The Labute approximate surface area is 418 Å². The van der Waals surface area contributed by atoms with Gasteiger partial charge in [-0.2, -0.15) is 0 Å². The monoisotopic (exact) mass is 922 g/mol. The number of benzene rings is 5. The number of rotatable bonds is 6. The van der Waals surface area contributed by atoms with Gasteiger partial charge in [-0.1, -0.05) is 130 Å². The van der Waals surface area contributed by atoms with E-state index in [0.717, 1.165) is 57.8 Å². The first-order valence-electron chi connectivity index (χ1n) is 25.7. The summed E-state index contributed by atoms with van der Waals surface area (Å²) in [7, 11) is 0. The van der Waals surface area contributed by atoms with E-state index in [0.29, 0.717) is 22.7 Å². The first-order chi connectivity index (χ1) is 32.4. The van der Waals surface area contributed by atoms with Crippen LogP contribution in [0.3, 0.4) is 0 Å². The molecule has 0 amide bonds. The molecule has 0 unspecified atom stereocenters. The molecule has 364 valence electrons. The van der Waals surface area contributed by atoms with Crippen molar-refractivity contribution >= 4 is 57.0 Å². The minimum Gasteiger partial charge on any atom is -0.257 e. The lowest BCUT2D eigenvalue weighted by molar-refractivity contribution is 0.432. The number of hydrogen-bond acceptors (Lipinski definition) is 5. The Morgan fingerprint density at radius 1 is 0.348 bits per heavy atom. The number of aliphatic imine (C=N–C) groups is 5. The Hall–Kier alpha value is -5.55. The molecule has 0 saturated heterocycles. The second kappa shape index (κ2) is 22.9. The van der Waals surface area contributed by atoms with Crippen LogP contribution in [-0.2, 0) is 32.1 Å². The molecule has 0 atom stereocenters. The number of aryl methyl sites for hydroxylation is 5. The van der Waals surface area contributed by atoms with Gasteiger partial charge in [0.1, 0.15) is 0 Å². The van der Waals surface area contributed by atoms with Gasteiger partial charge in [0.05, 0.1) is 28.4 Å². The highest BCUT2D eigenvalue weighted by atomic mass is 14.8. The summed E-state index contributed by atoms with van der Waals surface area (Å²) in [5, 5.41) is 0. The zero-order chi connectivity index (χ0) is 50.2. The Morgan fingerprint density at radius 2 is 0.594 bits per heavy atom. The zero-order valence-electron chi connectivity index (χ0n) is 45.4. The molecule has 0 aromatic heterocycles. The number of hydrogen-bond donors (Lipinski definition) is 0. The summed E-state index contributed by atoms with van der Waals surface area (Å²) in [4.78, 5) is 23.2. The molecular formula is C64H83N5. The number of nitrogens with zero attached hydrogens (tertiary/aromatic N) is 5. The molecule has 5 heterocycles. The zero-order valence-corrected chi connectivity index (χ0v) is 45.4. The molecule has 10 rings (SSSR count). The van der Waals surface area contributed by atoms with E-state index >= 15 is 0 Å². The van der Waals surface area contributed by atoms with Crippen molar-refractivity contribution in [1.29, 1.82) is 0 Å². The van der Waals surface area contributed by atoms with Gasteiger partial charge in [0.15, 0.2) is 0 Å². The van der Waals surface area contributed by atoms with Gasteiger partial charge in [0.2, 0.25) is 0 Å². The molecule has 5 nitrogen and oxygen atoms in total. The summed E-state index contributed by atoms with van der Waals surface area (Å²) in [6.45, 7) is 35.3. The van der Waals surface area contributed by atoms with Crippen LogP contribution >= 0.6 is 0 Å². The van der Waals surface area contributed by atoms with Crippen LogP contribution in [0.15, 0.2) is 116 Å². The maximum atomic E-state index is 4.71. The molecule has 0 N–H and O–H groups in total. The fourth-order valence-electron chi connectivity index (χ4n) is 9.48. The molecule has 0 spiro atoms. The highest BCUT2D eigenvalue weighted by molar-refractivity contribution is 5.96. The second-order valence-corrected chi connectivity index (χ2v) is 23.8. The van der Waals surface area contributed by atoms with Crippen molar-refractivity contribution in [3.63, 3.8) is 0 Å². The second-order valence-electron chi connectivity index (χ2n) is 23.8. The van der Waals surface area contributed by atoms with Gasteiger partial charge >= 0.3 is 0 Å². The fraction of sp³-hybridized carbons (Fsp3) is 0.453. The molecule has 0 bridgehead atoms. The minimum atomic E-state index is 0.343. The normalized spacial score (nSPS) is 14.7. The standard InChI is InChI=1S/2C14H19N.2C13H17N.C10H11N/c2*1-10-5-6-11-8-12(9-14(2,3)4)15-13(11)7-10;2*1-9(2)6-12-8-11-5-4-10(3)7-13(11)14-12;1-7-3-4-9-6-8(2)11-10(9)5-7/h2*5-7H,8-9H2,1-4H3;2*4-5,7,9H,6,8H2,1-3H3;3-5H,6H2,1-2H3. The van der Waals surface area contributed by atoms with Crippen LogP contribution in [0, 0.1) is 57.3 Å². The smallest absolute Gasteiger partial charge is 0.0667 e. The summed E-state index contributed by atoms with van der Waals surface area (Å²) in [5.74, 6) is 1.42. The fourth-order valence-corrected chi connectivity index (χ4v) is 9.48. The van der Waals surface area contributed by atoms with E-state index in [1.165, 1.54) is 113 Å². The van der Waals surface area contributed by atoms with Gasteiger partial charge in [-0.05, 0) is 176 Å². The Morgan fingerprint density at radius 3 is 0.870 bits per heavy atom. The molecule has 0 saturated carbocycles. The van der Waals surface area contributed by atoms with E-state index in [2.05, 4.69) is 217 Å². The average Bonchev–Trinajstić information content (AvgIpc) is 4.06. The van der Waals surface area contributed by atoms with Gasteiger partial charge in [-0.15, -0.1) is 0 Å². The lowest BCUT2D eigenvalue weighted by Gasteiger charge is -2.17. The quantitative estimate of drug-likeness (QED) is 0.163. The van der Waals surface area contributed by atoms with Crippen LogP contribution in [0.4, 0.5) is 28.4 Å². The van der Waals surface area contributed by atoms with E-state index in [1.807, 2.05) is 0 Å². The average molecular weight is 922 g/mol. The largest absolute Gasteiger partial charge is 0.257 e. The van der Waals surface area contributed by atoms with Crippen molar-refractivity contribution in [3.05, 3.63) is 147 Å². The third kappa shape index (κ3) is 16.5. The first-order valence-corrected chi connectivity index (χ1v) is 25.7. The summed E-state index contributed by atoms with van der Waals surface area (Å²) < 4.78 is 0. The Kier molecular flexibility index (Phi) is 17.5. The van der Waals surface area contributed by atoms with Gasteiger partial charge < -0.3 is 0 Å². The van der Waals surface area contributed by atoms with Crippen molar-refractivity contribution in [2.45, 2.75) is 169 Å². The van der Waals surface area contributed by atoms with E-state index in [9.17, 15) is 0 Å². The SMILES string of the molecule is CC1=Nc2cc(C)ccc2C1.Cc1ccc2c(c1)N=C(CC(C)(C)C)C2.Cc1ccc2c(c1)N=C(CC(C)(C)C)C2.Cc1ccc2c(c1)N=C(CC(C)C)C2.Cc1ccc2c(c1)N=C(CC(C)C)C2. The predicted molar refractivity (Wildman–Crippen MR) is 303 cm³/mol. The first kappa shape index (κ1) is 52.8. The van der Waals surface area contributed by atoms with Crippen molar-refractivity contribution in [3.8, 4) is 0 Å². The molecule has 0 fully saturated rings. The van der Waals surface area contributed by atoms with Crippen LogP contribution in [0.5, 0.6) is 0 Å². The molecule has 5 aliphatic heterocycles. The molecule has 5 aliphatic rings. The van der Waals surface area contributed by atoms with Gasteiger partial charge in [-0.25, -0.2) is 0 Å². The summed E-state index contributed by atoms with van der Waals surface area (Å²) in [6.07, 6.45) is 9.72. The van der Waals surface area contributed by atoms with Crippen molar-refractivity contribution < 1.29 is 0 Å². The maximum absolute atomic E-state index is 4.71. The summed E-state index contributed by atoms with van der Waals surface area (Å²) in [5.41, 5.74) is 26.7. The highest BCUT2D eigenvalue weighted by Gasteiger charge is 2.22. The van der Waals surface area contributed by atoms with Gasteiger partial charge in [-0.3, -0.25) is 25.0 Å². The van der Waals surface area contributed by atoms with E-state index < -0.39 is 0 Å². The summed E-state index contributed by atoms with van der Waals surface area (Å²) in [6, 6.07) is 32.7. The maximum Gasteiger partial charge on any atom is 0.0667 e. The van der Waals surface area contributed by atoms with Gasteiger partial charge in [0, 0.05) is 60.7 Å². The van der Waals surface area contributed by atoms with E-state index in [-0.39, 0.29) is 0 Å². The highest BCUT2D eigenvalue weighted by Crippen LogP contribution is 2.35. The number of fused-ring (bicyclic) bond motifs is 5.